The van der Waals surface area contributed by atoms with Crippen LogP contribution in [0.5, 0.6) is 5.75 Å². The highest BCUT2D eigenvalue weighted by Crippen LogP contribution is 2.43. The van der Waals surface area contributed by atoms with Crippen molar-refractivity contribution >= 4 is 29.2 Å². The van der Waals surface area contributed by atoms with E-state index in [2.05, 4.69) is 29.9 Å². The van der Waals surface area contributed by atoms with Crippen molar-refractivity contribution in [3.05, 3.63) is 42.7 Å². The van der Waals surface area contributed by atoms with Crippen molar-refractivity contribution in [3.8, 4) is 17.1 Å². The number of likely N-dealkylation sites (tertiary alicyclic amines) is 1. The van der Waals surface area contributed by atoms with Gasteiger partial charge in [-0.2, -0.15) is 0 Å². The van der Waals surface area contributed by atoms with E-state index in [0.717, 1.165) is 51.2 Å². The number of carbonyl (C=O) groups is 1. The summed E-state index contributed by atoms with van der Waals surface area (Å²) in [5.41, 5.74) is 6.47. The number of amides is 1. The van der Waals surface area contributed by atoms with Crippen molar-refractivity contribution in [1.29, 1.82) is 0 Å². The highest BCUT2D eigenvalue weighted by molar-refractivity contribution is 5.73. The standard InChI is InChI=1S/C24H25F3N8O2/c1-15(36)34-8-5-23(6-9-34)13-35(14-23)21-11-20(32-22(33-21)16-2-3-18(28)30-12-16)31-19-10-17(4-7-29-19)37-24(25,26)27/h2-4,7,10-12H,5-6,8-9,13-14H2,1H3,(H2,28,30)(H,29,31,32,33). The summed E-state index contributed by atoms with van der Waals surface area (Å²) in [6, 6.07) is 7.37. The number of nitrogens with zero attached hydrogens (tertiary/aromatic N) is 6. The summed E-state index contributed by atoms with van der Waals surface area (Å²) in [6.45, 7) is 4.63. The van der Waals surface area contributed by atoms with Crippen LogP contribution in [0.15, 0.2) is 42.7 Å². The van der Waals surface area contributed by atoms with Crippen molar-refractivity contribution in [2.24, 2.45) is 5.41 Å². The predicted octanol–water partition coefficient (Wildman–Crippen LogP) is 3.61. The lowest BCUT2D eigenvalue weighted by Gasteiger charge is -2.54. The number of anilines is 4. The number of hydrogen-bond acceptors (Lipinski definition) is 9. The average Bonchev–Trinajstić information content (AvgIpc) is 2.82. The Morgan fingerprint density at radius 3 is 2.49 bits per heavy atom. The van der Waals surface area contributed by atoms with E-state index in [1.807, 2.05) is 4.90 Å². The van der Waals surface area contributed by atoms with Crippen molar-refractivity contribution in [2.45, 2.75) is 26.1 Å². The molecular formula is C24H25F3N8O2. The summed E-state index contributed by atoms with van der Waals surface area (Å²) >= 11 is 0. The van der Waals surface area contributed by atoms with E-state index in [1.54, 1.807) is 31.3 Å². The Kier molecular flexibility index (Phi) is 6.21. The molecule has 2 aliphatic heterocycles. The van der Waals surface area contributed by atoms with Gasteiger partial charge in [-0.3, -0.25) is 4.79 Å². The van der Waals surface area contributed by atoms with Gasteiger partial charge in [0.25, 0.3) is 0 Å². The van der Waals surface area contributed by atoms with Crippen molar-refractivity contribution in [1.82, 2.24) is 24.8 Å². The van der Waals surface area contributed by atoms with Crippen molar-refractivity contribution in [2.75, 3.05) is 42.1 Å². The monoisotopic (exact) mass is 514 g/mol. The molecule has 5 rings (SSSR count). The number of rotatable bonds is 5. The number of carbonyl (C=O) groups excluding carboxylic acids is 1. The third-order valence-corrected chi connectivity index (χ3v) is 6.62. The summed E-state index contributed by atoms with van der Waals surface area (Å²) in [4.78, 5) is 33.1. The van der Waals surface area contributed by atoms with E-state index in [9.17, 15) is 18.0 Å². The number of alkyl halides is 3. The third kappa shape index (κ3) is 5.65. The Morgan fingerprint density at radius 2 is 1.84 bits per heavy atom. The van der Waals surface area contributed by atoms with E-state index in [1.165, 1.54) is 6.20 Å². The second kappa shape index (κ2) is 9.37. The van der Waals surface area contributed by atoms with Crippen LogP contribution in [-0.4, -0.2) is 63.3 Å². The molecule has 3 aromatic rings. The van der Waals surface area contributed by atoms with Crippen LogP contribution in [0, 0.1) is 5.41 Å². The Labute approximate surface area is 210 Å². The molecule has 3 aromatic heterocycles. The van der Waals surface area contributed by atoms with Gasteiger partial charge in [0.1, 0.15) is 29.0 Å². The number of halogens is 3. The topological polar surface area (TPSA) is 122 Å². The number of aromatic nitrogens is 4. The molecule has 5 heterocycles. The SMILES string of the molecule is CC(=O)N1CCC2(CC1)CN(c1cc(Nc3cc(OC(F)(F)F)ccn3)nc(-c3ccc(N)nc3)n1)C2. The van der Waals surface area contributed by atoms with Crippen LogP contribution in [0.2, 0.25) is 0 Å². The maximum Gasteiger partial charge on any atom is 0.573 e. The van der Waals surface area contributed by atoms with Gasteiger partial charge in [0.05, 0.1) is 0 Å². The molecule has 0 bridgehead atoms. The van der Waals surface area contributed by atoms with E-state index < -0.39 is 12.1 Å². The fourth-order valence-corrected chi connectivity index (χ4v) is 4.67. The maximum atomic E-state index is 12.6. The molecule has 2 aliphatic rings. The molecule has 2 saturated heterocycles. The average molecular weight is 515 g/mol. The summed E-state index contributed by atoms with van der Waals surface area (Å²) in [5.74, 6) is 1.56. The smallest absolute Gasteiger partial charge is 0.406 e. The van der Waals surface area contributed by atoms with Crippen molar-refractivity contribution < 1.29 is 22.7 Å². The Bertz CT molecular complexity index is 1290. The fourth-order valence-electron chi connectivity index (χ4n) is 4.67. The zero-order valence-corrected chi connectivity index (χ0v) is 20.0. The highest BCUT2D eigenvalue weighted by atomic mass is 19.4. The van der Waals surface area contributed by atoms with Gasteiger partial charge in [-0.15, -0.1) is 13.2 Å². The lowest BCUT2D eigenvalue weighted by Crippen LogP contribution is -2.61. The molecule has 0 unspecified atom stereocenters. The fraction of sp³-hybridized carbons (Fsp3) is 0.375. The molecule has 37 heavy (non-hydrogen) atoms. The van der Waals surface area contributed by atoms with Crippen LogP contribution in [0.25, 0.3) is 11.4 Å². The van der Waals surface area contributed by atoms with Crippen LogP contribution in [-0.2, 0) is 4.79 Å². The molecule has 10 nitrogen and oxygen atoms in total. The van der Waals surface area contributed by atoms with Gasteiger partial charge >= 0.3 is 6.36 Å². The molecule has 194 valence electrons. The van der Waals surface area contributed by atoms with Crippen LogP contribution < -0.4 is 20.7 Å². The quantitative estimate of drug-likeness (QED) is 0.526. The first-order valence-electron chi connectivity index (χ1n) is 11.7. The highest BCUT2D eigenvalue weighted by Gasteiger charge is 2.45. The first-order valence-corrected chi connectivity index (χ1v) is 11.7. The molecule has 3 N–H and O–H groups in total. The van der Waals surface area contributed by atoms with E-state index >= 15 is 0 Å². The Hall–Kier alpha value is -4.16. The lowest BCUT2D eigenvalue weighted by atomic mass is 9.72. The normalized spacial score (nSPS) is 16.9. The first-order chi connectivity index (χ1) is 17.6. The van der Waals surface area contributed by atoms with Gasteiger partial charge < -0.3 is 25.6 Å². The molecule has 0 aromatic carbocycles. The number of nitrogens with two attached hydrogens (primary N) is 1. The van der Waals surface area contributed by atoms with Crippen LogP contribution in [0.3, 0.4) is 0 Å². The summed E-state index contributed by atoms with van der Waals surface area (Å²) in [7, 11) is 0. The minimum Gasteiger partial charge on any atom is -0.406 e. The van der Waals surface area contributed by atoms with E-state index in [0.29, 0.717) is 28.8 Å². The molecule has 0 radical (unpaired) electrons. The number of nitrogens with one attached hydrogen (secondary N) is 1. The zero-order valence-electron chi connectivity index (χ0n) is 20.0. The van der Waals surface area contributed by atoms with Gasteiger partial charge in [-0.1, -0.05) is 0 Å². The molecule has 13 heteroatoms. The predicted molar refractivity (Wildman–Crippen MR) is 130 cm³/mol. The molecule has 2 fully saturated rings. The van der Waals surface area contributed by atoms with Crippen molar-refractivity contribution in [3.63, 3.8) is 0 Å². The van der Waals surface area contributed by atoms with Gasteiger partial charge in [-0.25, -0.2) is 19.9 Å². The largest absolute Gasteiger partial charge is 0.573 e. The maximum absolute atomic E-state index is 12.6. The number of ether oxygens (including phenoxy) is 1. The second-order valence-electron chi connectivity index (χ2n) is 9.32. The molecule has 0 saturated carbocycles. The first kappa shape index (κ1) is 24.5. The number of pyridine rings is 2. The van der Waals surface area contributed by atoms with Gasteiger partial charge in [0, 0.05) is 68.6 Å². The van der Waals surface area contributed by atoms with E-state index in [-0.39, 0.29) is 17.1 Å². The molecule has 0 aliphatic carbocycles. The second-order valence-corrected chi connectivity index (χ2v) is 9.32. The summed E-state index contributed by atoms with van der Waals surface area (Å²) in [5, 5.41) is 2.96. The zero-order chi connectivity index (χ0) is 26.2. The molecule has 1 spiro atoms. The Morgan fingerprint density at radius 1 is 1.08 bits per heavy atom. The number of piperidine rings is 1. The molecule has 1 amide bonds. The van der Waals surface area contributed by atoms with Gasteiger partial charge in [0.15, 0.2) is 5.82 Å². The summed E-state index contributed by atoms with van der Waals surface area (Å²) < 4.78 is 41.9. The molecule has 0 atom stereocenters. The van der Waals surface area contributed by atoms with Crippen LogP contribution in [0.1, 0.15) is 19.8 Å². The number of hydrogen-bond donors (Lipinski definition) is 2. The van der Waals surface area contributed by atoms with Crippen LogP contribution in [0.4, 0.5) is 36.4 Å². The van der Waals surface area contributed by atoms with E-state index in [4.69, 9.17) is 10.7 Å². The van der Waals surface area contributed by atoms with Crippen LogP contribution >= 0.6 is 0 Å². The van der Waals surface area contributed by atoms with Gasteiger partial charge in [0.2, 0.25) is 5.91 Å². The lowest BCUT2D eigenvalue weighted by molar-refractivity contribution is -0.274. The molecular weight excluding hydrogens is 489 g/mol. The summed E-state index contributed by atoms with van der Waals surface area (Å²) in [6.07, 6.45) is -0.204. The number of nitrogen functional groups attached to an aromatic ring is 1. The Balaban J connectivity index is 1.39. The minimum absolute atomic E-state index is 0.0950. The van der Waals surface area contributed by atoms with Gasteiger partial charge in [-0.05, 0) is 31.0 Å². The third-order valence-electron chi connectivity index (χ3n) is 6.62. The minimum atomic E-state index is -4.82.